The normalized spacial score (nSPS) is 16.5. The second-order valence-electron chi connectivity index (χ2n) is 5.50. The van der Waals surface area contributed by atoms with E-state index >= 15 is 0 Å². The molecule has 4 nitrogen and oxygen atoms in total. The van der Waals surface area contributed by atoms with Gasteiger partial charge in [-0.05, 0) is 22.6 Å². The highest BCUT2D eigenvalue weighted by Gasteiger charge is 2.47. The third-order valence-corrected chi connectivity index (χ3v) is 4.84. The van der Waals surface area contributed by atoms with Gasteiger partial charge in [-0.15, -0.1) is 0 Å². The molecule has 24 heavy (non-hydrogen) atoms. The van der Waals surface area contributed by atoms with E-state index in [1.165, 1.54) is 10.9 Å². The molecule has 1 saturated carbocycles. The van der Waals surface area contributed by atoms with Crippen LogP contribution in [0.5, 0.6) is 5.75 Å². The SMILES string of the molecule is Cn1ncc(I)c1-c1c(F)c(Cl)cc(OC2CC(F)(F)C2)c1C#N. The molecule has 1 aliphatic rings. The molecule has 0 radical (unpaired) electrons. The monoisotopic (exact) mass is 467 g/mol. The van der Waals surface area contributed by atoms with Crippen molar-refractivity contribution in [1.82, 2.24) is 9.78 Å². The van der Waals surface area contributed by atoms with Crippen LogP contribution in [-0.4, -0.2) is 21.8 Å². The van der Waals surface area contributed by atoms with Gasteiger partial charge in [0.1, 0.15) is 23.5 Å². The number of benzene rings is 1. The molecule has 0 atom stereocenters. The number of halogens is 5. The number of ether oxygens (including phenoxy) is 1. The van der Waals surface area contributed by atoms with Crippen LogP contribution in [0.3, 0.4) is 0 Å². The molecule has 2 aromatic rings. The van der Waals surface area contributed by atoms with Crippen LogP contribution in [0.2, 0.25) is 5.02 Å². The van der Waals surface area contributed by atoms with E-state index in [1.54, 1.807) is 7.05 Å². The van der Waals surface area contributed by atoms with Gasteiger partial charge in [-0.1, -0.05) is 11.6 Å². The summed E-state index contributed by atoms with van der Waals surface area (Å²) in [4.78, 5) is 0. The van der Waals surface area contributed by atoms with Gasteiger partial charge in [0.2, 0.25) is 0 Å². The predicted octanol–water partition coefficient (Wildman–Crippen LogP) is 4.53. The van der Waals surface area contributed by atoms with Crippen molar-refractivity contribution >= 4 is 34.2 Å². The molecule has 0 aliphatic heterocycles. The minimum absolute atomic E-state index is 0.00333. The Morgan fingerprint density at radius 2 is 2.17 bits per heavy atom. The van der Waals surface area contributed by atoms with Crippen molar-refractivity contribution in [2.45, 2.75) is 24.9 Å². The summed E-state index contributed by atoms with van der Waals surface area (Å²) in [5.74, 6) is -3.54. The zero-order valence-electron chi connectivity index (χ0n) is 12.3. The van der Waals surface area contributed by atoms with E-state index < -0.39 is 30.7 Å². The molecule has 0 amide bonds. The molecule has 9 heteroatoms. The molecule has 1 aromatic carbocycles. The van der Waals surface area contributed by atoms with Crippen LogP contribution in [-0.2, 0) is 7.05 Å². The van der Waals surface area contributed by atoms with Crippen molar-refractivity contribution < 1.29 is 17.9 Å². The molecule has 0 saturated heterocycles. The van der Waals surface area contributed by atoms with Crippen LogP contribution in [0.4, 0.5) is 13.2 Å². The van der Waals surface area contributed by atoms with E-state index in [0.29, 0.717) is 9.26 Å². The number of nitriles is 1. The van der Waals surface area contributed by atoms with E-state index in [9.17, 15) is 18.4 Å². The van der Waals surface area contributed by atoms with Crippen molar-refractivity contribution in [3.8, 4) is 23.1 Å². The van der Waals surface area contributed by atoms with Crippen molar-refractivity contribution in [3.05, 3.63) is 32.2 Å². The third kappa shape index (κ3) is 2.95. The Kier molecular flexibility index (Phi) is 4.42. The Morgan fingerprint density at radius 3 is 2.67 bits per heavy atom. The van der Waals surface area contributed by atoms with Crippen molar-refractivity contribution in [1.29, 1.82) is 5.26 Å². The Labute approximate surface area is 154 Å². The summed E-state index contributed by atoms with van der Waals surface area (Å²) >= 11 is 7.89. The standard InChI is InChI=1S/C15H10ClF3IN3O/c1-23-14(10(20)6-22-23)12-8(5-21)11(2-9(16)13(12)17)24-7-3-15(18,19)4-7/h2,6-7H,3-4H2,1H3. The minimum Gasteiger partial charge on any atom is -0.488 e. The van der Waals surface area contributed by atoms with Gasteiger partial charge in [-0.2, -0.15) is 10.4 Å². The summed E-state index contributed by atoms with van der Waals surface area (Å²) in [6.45, 7) is 0. The minimum atomic E-state index is -2.76. The van der Waals surface area contributed by atoms with Gasteiger partial charge in [0.15, 0.2) is 5.82 Å². The van der Waals surface area contributed by atoms with Crippen LogP contribution in [0, 0.1) is 20.7 Å². The lowest BCUT2D eigenvalue weighted by molar-refractivity contribution is -0.134. The van der Waals surface area contributed by atoms with Crippen molar-refractivity contribution in [2.24, 2.45) is 7.05 Å². The first kappa shape index (κ1) is 17.4. The number of hydrogen-bond donors (Lipinski definition) is 0. The fourth-order valence-electron chi connectivity index (χ4n) is 2.59. The fraction of sp³-hybridized carbons (Fsp3) is 0.333. The van der Waals surface area contributed by atoms with E-state index in [4.69, 9.17) is 16.3 Å². The predicted molar refractivity (Wildman–Crippen MR) is 89.6 cm³/mol. The lowest BCUT2D eigenvalue weighted by atomic mass is 9.90. The molecule has 0 unspecified atom stereocenters. The molecular weight excluding hydrogens is 458 g/mol. The van der Waals surface area contributed by atoms with Gasteiger partial charge in [0.05, 0.1) is 26.0 Å². The molecule has 0 bridgehead atoms. The van der Waals surface area contributed by atoms with E-state index in [-0.39, 0.29) is 21.9 Å². The van der Waals surface area contributed by atoms with Gasteiger partial charge in [-0.3, -0.25) is 4.68 Å². The number of aromatic nitrogens is 2. The highest BCUT2D eigenvalue weighted by Crippen LogP contribution is 2.43. The number of alkyl halides is 2. The maximum absolute atomic E-state index is 14.6. The highest BCUT2D eigenvalue weighted by atomic mass is 127. The molecule has 3 rings (SSSR count). The van der Waals surface area contributed by atoms with Gasteiger partial charge in [0, 0.05) is 26.0 Å². The Balaban J connectivity index is 2.11. The van der Waals surface area contributed by atoms with Crippen LogP contribution in [0.15, 0.2) is 12.3 Å². The van der Waals surface area contributed by atoms with Crippen LogP contribution in [0.1, 0.15) is 18.4 Å². The number of aryl methyl sites for hydroxylation is 1. The molecule has 1 fully saturated rings. The molecule has 1 aliphatic carbocycles. The van der Waals surface area contributed by atoms with Gasteiger partial charge in [0.25, 0.3) is 5.92 Å². The molecule has 0 N–H and O–H groups in total. The maximum Gasteiger partial charge on any atom is 0.255 e. The van der Waals surface area contributed by atoms with Crippen molar-refractivity contribution in [3.63, 3.8) is 0 Å². The Hall–Kier alpha value is -1.47. The first-order valence-corrected chi connectivity index (χ1v) is 8.33. The largest absolute Gasteiger partial charge is 0.488 e. The highest BCUT2D eigenvalue weighted by molar-refractivity contribution is 14.1. The zero-order valence-corrected chi connectivity index (χ0v) is 15.2. The summed E-state index contributed by atoms with van der Waals surface area (Å²) in [7, 11) is 1.60. The second-order valence-corrected chi connectivity index (χ2v) is 7.07. The summed E-state index contributed by atoms with van der Waals surface area (Å²) in [5.41, 5.74) is 0.236. The van der Waals surface area contributed by atoms with Crippen LogP contribution in [0.25, 0.3) is 11.3 Å². The van der Waals surface area contributed by atoms with Crippen LogP contribution >= 0.6 is 34.2 Å². The average Bonchev–Trinajstić information content (AvgIpc) is 2.80. The Bertz CT molecular complexity index is 835. The summed E-state index contributed by atoms with van der Waals surface area (Å²) < 4.78 is 48.1. The van der Waals surface area contributed by atoms with Gasteiger partial charge >= 0.3 is 0 Å². The van der Waals surface area contributed by atoms with Crippen molar-refractivity contribution in [2.75, 3.05) is 0 Å². The smallest absolute Gasteiger partial charge is 0.255 e. The quantitative estimate of drug-likeness (QED) is 0.623. The van der Waals surface area contributed by atoms with E-state index in [2.05, 4.69) is 5.10 Å². The lowest BCUT2D eigenvalue weighted by Gasteiger charge is -2.35. The summed E-state index contributed by atoms with van der Waals surface area (Å²) in [6.07, 6.45) is -0.0894. The van der Waals surface area contributed by atoms with Gasteiger partial charge in [-0.25, -0.2) is 13.2 Å². The molecule has 1 heterocycles. The first-order chi connectivity index (χ1) is 11.2. The molecular formula is C15H10ClF3IN3O. The second kappa shape index (κ2) is 6.11. The topological polar surface area (TPSA) is 50.8 Å². The first-order valence-electron chi connectivity index (χ1n) is 6.88. The van der Waals surface area contributed by atoms with Crippen LogP contribution < -0.4 is 4.74 Å². The van der Waals surface area contributed by atoms with E-state index in [1.807, 2.05) is 28.7 Å². The maximum atomic E-state index is 14.6. The zero-order chi connectivity index (χ0) is 17.6. The number of hydrogen-bond acceptors (Lipinski definition) is 3. The third-order valence-electron chi connectivity index (χ3n) is 3.77. The average molecular weight is 468 g/mol. The summed E-state index contributed by atoms with van der Waals surface area (Å²) in [6, 6.07) is 3.05. The lowest BCUT2D eigenvalue weighted by Crippen LogP contribution is -2.43. The number of rotatable bonds is 3. The van der Waals surface area contributed by atoms with E-state index in [0.717, 1.165) is 6.07 Å². The van der Waals surface area contributed by atoms with Gasteiger partial charge < -0.3 is 4.74 Å². The summed E-state index contributed by atoms with van der Waals surface area (Å²) in [5, 5.41) is 13.3. The molecule has 0 spiro atoms. The fourth-order valence-corrected chi connectivity index (χ4v) is 3.53. The molecule has 126 valence electrons. The molecule has 1 aromatic heterocycles. The Morgan fingerprint density at radius 1 is 1.50 bits per heavy atom. The number of nitrogens with zero attached hydrogens (tertiary/aromatic N) is 3.